The van der Waals surface area contributed by atoms with Gasteiger partial charge in [0, 0.05) is 11.3 Å². The van der Waals surface area contributed by atoms with Crippen LogP contribution < -0.4 is 11.5 Å². The number of nitrogens with two attached hydrogens (primary N) is 2. The molecule has 0 rings (SSSR count). The van der Waals surface area contributed by atoms with E-state index in [4.69, 9.17) is 11.5 Å². The minimum absolute atomic E-state index is 0.123. The average molecular weight is 176 g/mol. The Labute approximate surface area is 69.9 Å². The second-order valence-corrected chi connectivity index (χ2v) is 7.81. The maximum absolute atomic E-state index is 9.92. The van der Waals surface area contributed by atoms with Gasteiger partial charge in [0.05, 0.1) is 0 Å². The topological polar surface area (TPSA) is 72.3 Å². The van der Waals surface area contributed by atoms with Gasteiger partial charge in [0.2, 0.25) is 8.32 Å². The number of rotatable bonds is 3. The predicted octanol–water partition coefficient (Wildman–Crippen LogP) is -0.0371. The van der Waals surface area contributed by atoms with Gasteiger partial charge in [-0.25, -0.2) is 0 Å². The van der Waals surface area contributed by atoms with E-state index in [1.54, 1.807) is 0 Å². The molecule has 0 radical (unpaired) electrons. The minimum atomic E-state index is -2.39. The van der Waals surface area contributed by atoms with Gasteiger partial charge < -0.3 is 16.3 Å². The standard InChI is InChI=1S/C7H20N2OSi/c1-5(2)7(9)11(4,10)6(3)8/h5-7,10H,8-9H2,1-4H3. The molecule has 3 nitrogen and oxygen atoms in total. The van der Waals surface area contributed by atoms with Crippen molar-refractivity contribution < 1.29 is 4.80 Å². The van der Waals surface area contributed by atoms with Crippen LogP contribution in [0.25, 0.3) is 0 Å². The minimum Gasteiger partial charge on any atom is -0.429 e. The Hall–Kier alpha value is 0.0969. The van der Waals surface area contributed by atoms with Gasteiger partial charge in [0.25, 0.3) is 0 Å². The highest BCUT2D eigenvalue weighted by atomic mass is 28.4. The first-order chi connectivity index (χ1) is 4.80. The second-order valence-electron chi connectivity index (χ2n) is 3.78. The lowest BCUT2D eigenvalue weighted by molar-refractivity contribution is 0.453. The molecule has 0 spiro atoms. The predicted molar refractivity (Wildman–Crippen MR) is 50.3 cm³/mol. The van der Waals surface area contributed by atoms with Gasteiger partial charge in [-0.05, 0) is 12.5 Å². The van der Waals surface area contributed by atoms with Gasteiger partial charge in [0.1, 0.15) is 0 Å². The third kappa shape index (κ3) is 2.55. The largest absolute Gasteiger partial charge is 0.429 e. The van der Waals surface area contributed by atoms with Crippen LogP contribution in [0, 0.1) is 5.92 Å². The molecule has 0 bridgehead atoms. The fourth-order valence-electron chi connectivity index (χ4n) is 0.978. The van der Waals surface area contributed by atoms with Crippen molar-refractivity contribution in [1.82, 2.24) is 0 Å². The third-order valence-electron chi connectivity index (χ3n) is 2.31. The van der Waals surface area contributed by atoms with Crippen LogP contribution in [-0.4, -0.2) is 24.4 Å². The van der Waals surface area contributed by atoms with E-state index in [0.717, 1.165) is 0 Å². The highest BCUT2D eigenvalue weighted by Gasteiger charge is 2.38. The zero-order valence-corrected chi connectivity index (χ0v) is 8.83. The second kappa shape index (κ2) is 3.67. The molecule has 0 aromatic rings. The Morgan fingerprint density at radius 3 is 1.64 bits per heavy atom. The molecule has 0 aliphatic heterocycles. The van der Waals surface area contributed by atoms with E-state index in [1.165, 1.54) is 0 Å². The smallest absolute Gasteiger partial charge is 0.218 e. The van der Waals surface area contributed by atoms with E-state index >= 15 is 0 Å². The monoisotopic (exact) mass is 176 g/mol. The summed E-state index contributed by atoms with van der Waals surface area (Å²) in [5.41, 5.74) is 11.2. The number of hydrogen-bond acceptors (Lipinski definition) is 3. The van der Waals surface area contributed by atoms with Crippen LogP contribution in [-0.2, 0) is 0 Å². The van der Waals surface area contributed by atoms with Crippen LogP contribution in [0.5, 0.6) is 0 Å². The highest BCUT2D eigenvalue weighted by Crippen LogP contribution is 2.13. The Balaban J connectivity index is 4.29. The highest BCUT2D eigenvalue weighted by molar-refractivity contribution is 6.74. The average Bonchev–Trinajstić information content (AvgIpc) is 1.85. The molecule has 0 saturated carbocycles. The van der Waals surface area contributed by atoms with Crippen LogP contribution in [0.15, 0.2) is 0 Å². The Bertz CT molecular complexity index is 126. The summed E-state index contributed by atoms with van der Waals surface area (Å²) in [6.45, 7) is 7.67. The third-order valence-corrected chi connectivity index (χ3v) is 6.18. The normalized spacial score (nSPS) is 22.9. The van der Waals surface area contributed by atoms with Crippen molar-refractivity contribution in [3.8, 4) is 0 Å². The molecule has 11 heavy (non-hydrogen) atoms. The quantitative estimate of drug-likeness (QED) is 0.529. The summed E-state index contributed by atoms with van der Waals surface area (Å²) >= 11 is 0. The van der Waals surface area contributed by atoms with Gasteiger partial charge >= 0.3 is 0 Å². The molecule has 68 valence electrons. The van der Waals surface area contributed by atoms with Gasteiger partial charge in [-0.1, -0.05) is 20.8 Å². The van der Waals surface area contributed by atoms with Crippen molar-refractivity contribution in [1.29, 1.82) is 0 Å². The molecule has 5 N–H and O–H groups in total. The molecule has 0 saturated heterocycles. The van der Waals surface area contributed by atoms with Crippen molar-refractivity contribution in [2.24, 2.45) is 17.4 Å². The van der Waals surface area contributed by atoms with Crippen LogP contribution in [0.2, 0.25) is 6.55 Å². The lowest BCUT2D eigenvalue weighted by Crippen LogP contribution is -2.63. The van der Waals surface area contributed by atoms with Crippen molar-refractivity contribution in [3.05, 3.63) is 0 Å². The number of hydrogen-bond donors (Lipinski definition) is 3. The van der Waals surface area contributed by atoms with E-state index < -0.39 is 8.32 Å². The molecule has 4 heteroatoms. The molecule has 3 unspecified atom stereocenters. The molecular formula is C7H20N2OSi. The van der Waals surface area contributed by atoms with Crippen LogP contribution in [0.4, 0.5) is 0 Å². The van der Waals surface area contributed by atoms with Crippen LogP contribution >= 0.6 is 0 Å². The fourth-order valence-corrected chi connectivity index (χ4v) is 2.94. The molecule has 0 aromatic carbocycles. The summed E-state index contributed by atoms with van der Waals surface area (Å²) in [4.78, 5) is 9.92. The summed E-state index contributed by atoms with van der Waals surface area (Å²) in [6.07, 6.45) is 0. The summed E-state index contributed by atoms with van der Waals surface area (Å²) in [5.74, 6) is 0.308. The zero-order valence-electron chi connectivity index (χ0n) is 7.83. The molecule has 0 aliphatic carbocycles. The molecule has 0 amide bonds. The van der Waals surface area contributed by atoms with E-state index in [0.29, 0.717) is 5.92 Å². The van der Waals surface area contributed by atoms with E-state index in [9.17, 15) is 4.80 Å². The van der Waals surface area contributed by atoms with E-state index in [-0.39, 0.29) is 11.3 Å². The van der Waals surface area contributed by atoms with E-state index in [1.807, 2.05) is 27.3 Å². The van der Waals surface area contributed by atoms with Crippen molar-refractivity contribution in [3.63, 3.8) is 0 Å². The Morgan fingerprint density at radius 1 is 1.18 bits per heavy atom. The van der Waals surface area contributed by atoms with Gasteiger partial charge in [0.15, 0.2) is 0 Å². The molecule has 3 atom stereocenters. The molecule has 0 fully saturated rings. The molecule has 0 aliphatic rings. The maximum Gasteiger partial charge on any atom is 0.218 e. The molecule has 0 aromatic heterocycles. The van der Waals surface area contributed by atoms with Crippen molar-refractivity contribution >= 4 is 8.32 Å². The SMILES string of the molecule is CC(C)C(N)[Si](C)(O)C(C)N. The van der Waals surface area contributed by atoms with Gasteiger partial charge in [-0.2, -0.15) is 0 Å². The summed E-state index contributed by atoms with van der Waals surface area (Å²) in [7, 11) is -2.39. The van der Waals surface area contributed by atoms with Crippen LogP contribution in [0.3, 0.4) is 0 Å². The lowest BCUT2D eigenvalue weighted by Gasteiger charge is -2.33. The first-order valence-corrected chi connectivity index (χ1v) is 6.63. The summed E-state index contributed by atoms with van der Waals surface area (Å²) in [6, 6.07) is 0. The summed E-state index contributed by atoms with van der Waals surface area (Å²) in [5, 5.41) is 0. The van der Waals surface area contributed by atoms with E-state index in [2.05, 4.69) is 0 Å². The molecular weight excluding hydrogens is 156 g/mol. The van der Waals surface area contributed by atoms with Gasteiger partial charge in [-0.3, -0.25) is 0 Å². The zero-order chi connectivity index (χ0) is 9.23. The maximum atomic E-state index is 9.92. The van der Waals surface area contributed by atoms with Crippen LogP contribution in [0.1, 0.15) is 20.8 Å². The lowest BCUT2D eigenvalue weighted by atomic mass is 10.2. The molecule has 0 heterocycles. The Morgan fingerprint density at radius 2 is 1.55 bits per heavy atom. The first-order valence-electron chi connectivity index (χ1n) is 4.03. The summed E-state index contributed by atoms with van der Waals surface area (Å²) < 4.78 is 0. The van der Waals surface area contributed by atoms with Crippen molar-refractivity contribution in [2.75, 3.05) is 0 Å². The fraction of sp³-hybridized carbons (Fsp3) is 1.00. The Kier molecular flexibility index (Phi) is 3.70. The first kappa shape index (κ1) is 11.1. The van der Waals surface area contributed by atoms with Crippen molar-refractivity contribution in [2.45, 2.75) is 38.6 Å². The van der Waals surface area contributed by atoms with Gasteiger partial charge in [-0.15, -0.1) is 0 Å².